The maximum absolute atomic E-state index is 11.1. The van der Waals surface area contributed by atoms with Crippen molar-refractivity contribution < 1.29 is 19.1 Å². The van der Waals surface area contributed by atoms with Gasteiger partial charge in [0.25, 0.3) is 0 Å². The molecule has 0 unspecified atom stereocenters. The fraction of sp³-hybridized carbons (Fsp3) is 0.125. The first-order chi connectivity index (χ1) is 6.72. The Morgan fingerprint density at radius 1 is 1.57 bits per heavy atom. The molecule has 6 nitrogen and oxygen atoms in total. The molecule has 0 saturated carbocycles. The number of hydrogen-bond donors (Lipinski definition) is 1. The van der Waals surface area contributed by atoms with E-state index in [9.17, 15) is 9.90 Å². The number of hydrogen-bond acceptors (Lipinski definition) is 6. The SMILES string of the molecule is COC(=O)c1nc2ccoc2nc1O. The van der Waals surface area contributed by atoms with Crippen molar-refractivity contribution in [2.75, 3.05) is 7.11 Å². The van der Waals surface area contributed by atoms with Crippen molar-refractivity contribution in [1.29, 1.82) is 0 Å². The standard InChI is InChI=1S/C8H6N2O4/c1-13-8(12)5-6(11)10-7-4(9-5)2-3-14-7/h2-3H,1H3,(H,10,11). The summed E-state index contributed by atoms with van der Waals surface area (Å²) >= 11 is 0. The van der Waals surface area contributed by atoms with Crippen molar-refractivity contribution in [2.45, 2.75) is 0 Å². The number of carbonyl (C=O) groups is 1. The summed E-state index contributed by atoms with van der Waals surface area (Å²) in [5.41, 5.74) is 0.347. The zero-order valence-corrected chi connectivity index (χ0v) is 7.22. The van der Waals surface area contributed by atoms with E-state index < -0.39 is 11.8 Å². The van der Waals surface area contributed by atoms with Crippen LogP contribution in [0.2, 0.25) is 0 Å². The number of methoxy groups -OCH3 is 1. The van der Waals surface area contributed by atoms with E-state index in [1.165, 1.54) is 19.4 Å². The van der Waals surface area contributed by atoms with E-state index in [4.69, 9.17) is 4.42 Å². The Morgan fingerprint density at radius 2 is 2.36 bits per heavy atom. The third-order valence-electron chi connectivity index (χ3n) is 1.65. The molecule has 0 aliphatic carbocycles. The summed E-state index contributed by atoms with van der Waals surface area (Å²) in [4.78, 5) is 18.5. The van der Waals surface area contributed by atoms with Gasteiger partial charge >= 0.3 is 5.97 Å². The Bertz CT molecular complexity index is 491. The van der Waals surface area contributed by atoms with E-state index in [0.29, 0.717) is 5.52 Å². The highest BCUT2D eigenvalue weighted by Crippen LogP contribution is 2.18. The Morgan fingerprint density at radius 3 is 3.07 bits per heavy atom. The molecule has 0 saturated heterocycles. The van der Waals surface area contributed by atoms with Crippen molar-refractivity contribution in [3.05, 3.63) is 18.0 Å². The van der Waals surface area contributed by atoms with E-state index in [-0.39, 0.29) is 11.4 Å². The predicted octanol–water partition coefficient (Wildman–Crippen LogP) is 0.715. The minimum Gasteiger partial charge on any atom is -0.491 e. The number of carbonyl (C=O) groups excluding carboxylic acids is 1. The van der Waals surface area contributed by atoms with Crippen molar-refractivity contribution in [3.63, 3.8) is 0 Å². The van der Waals surface area contributed by atoms with Crippen LogP contribution in [0.3, 0.4) is 0 Å². The molecular formula is C8H6N2O4. The van der Waals surface area contributed by atoms with E-state index in [0.717, 1.165) is 0 Å². The van der Waals surface area contributed by atoms with Crippen molar-refractivity contribution in [2.24, 2.45) is 0 Å². The van der Waals surface area contributed by atoms with E-state index in [1.54, 1.807) is 0 Å². The zero-order valence-electron chi connectivity index (χ0n) is 7.22. The van der Waals surface area contributed by atoms with Crippen LogP contribution in [0.15, 0.2) is 16.7 Å². The van der Waals surface area contributed by atoms with Gasteiger partial charge in [-0.05, 0) is 0 Å². The van der Waals surface area contributed by atoms with Crippen LogP contribution < -0.4 is 0 Å². The Labute approximate surface area is 78.1 Å². The zero-order chi connectivity index (χ0) is 10.1. The van der Waals surface area contributed by atoms with Crippen LogP contribution in [-0.4, -0.2) is 28.2 Å². The van der Waals surface area contributed by atoms with Crippen LogP contribution in [-0.2, 0) is 4.74 Å². The Hall–Kier alpha value is -2.11. The van der Waals surface area contributed by atoms with Gasteiger partial charge < -0.3 is 14.3 Å². The van der Waals surface area contributed by atoms with Crippen LogP contribution >= 0.6 is 0 Å². The van der Waals surface area contributed by atoms with Crippen molar-refractivity contribution >= 4 is 17.2 Å². The van der Waals surface area contributed by atoms with Gasteiger partial charge in [0.2, 0.25) is 17.3 Å². The lowest BCUT2D eigenvalue weighted by Gasteiger charge is -1.99. The highest BCUT2D eigenvalue weighted by molar-refractivity contribution is 5.91. The van der Waals surface area contributed by atoms with Crippen LogP contribution in [0.25, 0.3) is 11.2 Å². The number of furan rings is 1. The molecule has 14 heavy (non-hydrogen) atoms. The molecule has 0 radical (unpaired) electrons. The van der Waals surface area contributed by atoms with Crippen LogP contribution in [0.1, 0.15) is 10.5 Å². The molecule has 2 aromatic rings. The molecule has 0 bridgehead atoms. The van der Waals surface area contributed by atoms with Gasteiger partial charge in [0.15, 0.2) is 0 Å². The fourth-order valence-corrected chi connectivity index (χ4v) is 1.02. The minimum atomic E-state index is -0.738. The summed E-state index contributed by atoms with van der Waals surface area (Å²) in [5.74, 6) is -1.24. The molecule has 72 valence electrons. The molecule has 6 heteroatoms. The topological polar surface area (TPSA) is 85.5 Å². The number of aromatic hydroxyl groups is 1. The smallest absolute Gasteiger partial charge is 0.362 e. The monoisotopic (exact) mass is 194 g/mol. The second kappa shape index (κ2) is 2.99. The molecule has 2 heterocycles. The van der Waals surface area contributed by atoms with Crippen molar-refractivity contribution in [1.82, 2.24) is 9.97 Å². The molecule has 0 amide bonds. The first-order valence-electron chi connectivity index (χ1n) is 3.75. The molecule has 0 atom stereocenters. The van der Waals surface area contributed by atoms with Gasteiger partial charge in [-0.3, -0.25) is 0 Å². The molecule has 0 fully saturated rings. The second-order valence-corrected chi connectivity index (χ2v) is 2.50. The number of esters is 1. The Kier molecular flexibility index (Phi) is 1.81. The maximum Gasteiger partial charge on any atom is 0.362 e. The highest BCUT2D eigenvalue weighted by atomic mass is 16.5. The minimum absolute atomic E-state index is 0.176. The van der Waals surface area contributed by atoms with Gasteiger partial charge in [-0.15, -0.1) is 0 Å². The molecule has 2 rings (SSSR count). The third kappa shape index (κ3) is 1.17. The summed E-state index contributed by atoms with van der Waals surface area (Å²) in [6.07, 6.45) is 1.37. The lowest BCUT2D eigenvalue weighted by molar-refractivity contribution is 0.0590. The summed E-state index contributed by atoms with van der Waals surface area (Å²) in [7, 11) is 1.20. The molecule has 0 aliphatic heterocycles. The number of fused-ring (bicyclic) bond motifs is 1. The largest absolute Gasteiger partial charge is 0.491 e. The lowest BCUT2D eigenvalue weighted by atomic mass is 10.4. The quantitative estimate of drug-likeness (QED) is 0.673. The van der Waals surface area contributed by atoms with Gasteiger partial charge in [0, 0.05) is 6.07 Å². The van der Waals surface area contributed by atoms with Crippen LogP contribution in [0.4, 0.5) is 0 Å². The molecular weight excluding hydrogens is 188 g/mol. The van der Waals surface area contributed by atoms with Crippen LogP contribution in [0, 0.1) is 0 Å². The summed E-state index contributed by atoms with van der Waals surface area (Å²) < 4.78 is 9.29. The second-order valence-electron chi connectivity index (χ2n) is 2.50. The van der Waals surface area contributed by atoms with E-state index in [2.05, 4.69) is 14.7 Å². The summed E-state index contributed by atoms with van der Waals surface area (Å²) in [6.45, 7) is 0. The molecule has 0 spiro atoms. The maximum atomic E-state index is 11.1. The average Bonchev–Trinajstić information content (AvgIpc) is 2.62. The summed E-state index contributed by atoms with van der Waals surface area (Å²) in [5, 5.41) is 9.29. The van der Waals surface area contributed by atoms with Crippen molar-refractivity contribution in [3.8, 4) is 5.88 Å². The molecule has 1 N–H and O–H groups in total. The summed E-state index contributed by atoms with van der Waals surface area (Å²) in [6, 6.07) is 1.54. The average molecular weight is 194 g/mol. The Balaban J connectivity index is 2.64. The third-order valence-corrected chi connectivity index (χ3v) is 1.65. The van der Waals surface area contributed by atoms with Gasteiger partial charge in [-0.2, -0.15) is 4.98 Å². The van der Waals surface area contributed by atoms with E-state index >= 15 is 0 Å². The molecule has 0 aliphatic rings. The molecule has 2 aromatic heterocycles. The van der Waals surface area contributed by atoms with Gasteiger partial charge in [-0.1, -0.05) is 0 Å². The first kappa shape index (κ1) is 8.49. The first-order valence-corrected chi connectivity index (χ1v) is 3.75. The van der Waals surface area contributed by atoms with Crippen LogP contribution in [0.5, 0.6) is 5.88 Å². The normalized spacial score (nSPS) is 10.4. The molecule has 0 aromatic carbocycles. The lowest BCUT2D eigenvalue weighted by Crippen LogP contribution is -2.05. The number of ether oxygens (including phenoxy) is 1. The number of nitrogens with zero attached hydrogens (tertiary/aromatic N) is 2. The number of rotatable bonds is 1. The van der Waals surface area contributed by atoms with Gasteiger partial charge in [-0.25, -0.2) is 9.78 Å². The fourth-order valence-electron chi connectivity index (χ4n) is 1.02. The highest BCUT2D eigenvalue weighted by Gasteiger charge is 2.17. The van der Waals surface area contributed by atoms with Gasteiger partial charge in [0.05, 0.1) is 13.4 Å². The van der Waals surface area contributed by atoms with Gasteiger partial charge in [0.1, 0.15) is 5.52 Å². The number of aromatic nitrogens is 2. The predicted molar refractivity (Wildman–Crippen MR) is 44.8 cm³/mol. The van der Waals surface area contributed by atoms with E-state index in [1.807, 2.05) is 0 Å².